The fourth-order valence-electron chi connectivity index (χ4n) is 2.80. The molecule has 6 nitrogen and oxygen atoms in total. The number of pyridine rings is 1. The first-order valence-electron chi connectivity index (χ1n) is 8.06. The van der Waals surface area contributed by atoms with Crippen molar-refractivity contribution in [1.29, 1.82) is 0 Å². The van der Waals surface area contributed by atoms with Gasteiger partial charge < -0.3 is 14.6 Å². The first kappa shape index (κ1) is 15.3. The lowest BCUT2D eigenvalue weighted by atomic mass is 10.2. The highest BCUT2D eigenvalue weighted by Crippen LogP contribution is 2.24. The van der Waals surface area contributed by atoms with Crippen LogP contribution in [0.5, 0.6) is 0 Å². The van der Waals surface area contributed by atoms with Gasteiger partial charge in [0.1, 0.15) is 16.5 Å². The van der Waals surface area contributed by atoms with Crippen LogP contribution in [0.25, 0.3) is 21.6 Å². The Bertz CT molecular complexity index is 910. The number of aryl methyl sites for hydroxylation is 1. The number of nitrogens with zero attached hydrogens (tertiary/aromatic N) is 3. The molecule has 0 aromatic carbocycles. The second-order valence-electron chi connectivity index (χ2n) is 5.70. The largest absolute Gasteiger partial charge is 0.378 e. The maximum atomic E-state index is 12.3. The summed E-state index contributed by atoms with van der Waals surface area (Å²) in [6.07, 6.45) is 2.68. The Morgan fingerprint density at radius 2 is 2.17 bits per heavy atom. The normalized spacial score (nSPS) is 15.1. The van der Waals surface area contributed by atoms with Crippen molar-refractivity contribution >= 4 is 27.4 Å². The van der Waals surface area contributed by atoms with Gasteiger partial charge in [-0.05, 0) is 24.6 Å². The number of thiophene rings is 1. The number of hydrogen-bond acceptors (Lipinski definition) is 6. The molecule has 1 aliphatic heterocycles. The van der Waals surface area contributed by atoms with Crippen molar-refractivity contribution in [2.24, 2.45) is 0 Å². The first-order chi connectivity index (χ1) is 11.7. The monoisotopic (exact) mass is 342 g/mol. The molecule has 3 aromatic heterocycles. The van der Waals surface area contributed by atoms with Crippen LogP contribution in [-0.2, 0) is 11.2 Å². The molecule has 0 saturated carbocycles. The Morgan fingerprint density at radius 1 is 1.33 bits per heavy atom. The number of aromatic amines is 1. The van der Waals surface area contributed by atoms with E-state index < -0.39 is 0 Å². The molecule has 1 fully saturated rings. The summed E-state index contributed by atoms with van der Waals surface area (Å²) < 4.78 is 5.36. The Balaban J connectivity index is 1.67. The van der Waals surface area contributed by atoms with E-state index in [-0.39, 0.29) is 5.56 Å². The van der Waals surface area contributed by atoms with E-state index in [9.17, 15) is 4.79 Å². The number of ether oxygens (including phenoxy) is 1. The van der Waals surface area contributed by atoms with Crippen LogP contribution in [0.2, 0.25) is 0 Å². The zero-order valence-electron chi connectivity index (χ0n) is 13.4. The molecule has 0 aliphatic carbocycles. The minimum absolute atomic E-state index is 0.0943. The van der Waals surface area contributed by atoms with Crippen LogP contribution < -0.4 is 10.5 Å². The zero-order chi connectivity index (χ0) is 16.5. The average molecular weight is 342 g/mol. The Morgan fingerprint density at radius 3 is 2.88 bits per heavy atom. The SMILES string of the molecule is CCc1cc2c(=O)[nH]c(-c3ccc(N4CCOCC4)nc3)nc2s1. The molecular formula is C17H18N4O2S. The number of hydrogen-bond donors (Lipinski definition) is 1. The Kier molecular flexibility index (Phi) is 4.03. The number of morpholine rings is 1. The minimum atomic E-state index is -0.0943. The lowest BCUT2D eigenvalue weighted by molar-refractivity contribution is 0.122. The van der Waals surface area contributed by atoms with Gasteiger partial charge in [0.15, 0.2) is 0 Å². The van der Waals surface area contributed by atoms with Crippen LogP contribution in [0.3, 0.4) is 0 Å². The van der Waals surface area contributed by atoms with E-state index in [2.05, 4.69) is 26.8 Å². The summed E-state index contributed by atoms with van der Waals surface area (Å²) >= 11 is 1.57. The van der Waals surface area contributed by atoms with E-state index in [1.165, 1.54) is 4.88 Å². The van der Waals surface area contributed by atoms with Crippen LogP contribution >= 0.6 is 11.3 Å². The summed E-state index contributed by atoms with van der Waals surface area (Å²) in [5.41, 5.74) is 0.723. The number of nitrogens with one attached hydrogen (secondary N) is 1. The molecule has 1 saturated heterocycles. The molecular weight excluding hydrogens is 324 g/mol. The molecule has 4 heterocycles. The second kappa shape index (κ2) is 6.33. The second-order valence-corrected chi connectivity index (χ2v) is 6.82. The van der Waals surface area contributed by atoms with Gasteiger partial charge in [-0.1, -0.05) is 6.92 Å². The number of H-pyrrole nitrogens is 1. The lowest BCUT2D eigenvalue weighted by Gasteiger charge is -2.27. The van der Waals surface area contributed by atoms with E-state index in [0.29, 0.717) is 11.2 Å². The van der Waals surface area contributed by atoms with Crippen molar-refractivity contribution in [1.82, 2.24) is 15.0 Å². The van der Waals surface area contributed by atoms with Gasteiger partial charge in [0.2, 0.25) is 0 Å². The molecule has 0 spiro atoms. The molecule has 0 bridgehead atoms. The van der Waals surface area contributed by atoms with Crippen molar-refractivity contribution in [3.8, 4) is 11.4 Å². The van der Waals surface area contributed by atoms with Gasteiger partial charge >= 0.3 is 0 Å². The molecule has 124 valence electrons. The molecule has 1 aliphatic rings. The summed E-state index contributed by atoms with van der Waals surface area (Å²) in [4.78, 5) is 28.4. The third-order valence-corrected chi connectivity index (χ3v) is 5.33. The maximum absolute atomic E-state index is 12.3. The number of anilines is 1. The first-order valence-corrected chi connectivity index (χ1v) is 8.88. The smallest absolute Gasteiger partial charge is 0.259 e. The van der Waals surface area contributed by atoms with Gasteiger partial charge in [-0.3, -0.25) is 4.79 Å². The molecule has 7 heteroatoms. The van der Waals surface area contributed by atoms with Crippen molar-refractivity contribution in [2.75, 3.05) is 31.2 Å². The molecule has 4 rings (SSSR count). The number of fused-ring (bicyclic) bond motifs is 1. The summed E-state index contributed by atoms with van der Waals surface area (Å²) in [7, 11) is 0. The van der Waals surface area contributed by atoms with Crippen LogP contribution in [0, 0.1) is 0 Å². The Labute approximate surface area is 143 Å². The van der Waals surface area contributed by atoms with E-state index in [0.717, 1.165) is 48.9 Å². The van der Waals surface area contributed by atoms with E-state index in [1.807, 2.05) is 18.2 Å². The van der Waals surface area contributed by atoms with Gasteiger partial charge in [0.05, 0.1) is 18.6 Å². The third kappa shape index (κ3) is 2.81. The van der Waals surface area contributed by atoms with E-state index in [1.54, 1.807) is 17.5 Å². The van der Waals surface area contributed by atoms with Gasteiger partial charge in [0, 0.05) is 29.7 Å². The van der Waals surface area contributed by atoms with Crippen LogP contribution in [-0.4, -0.2) is 41.3 Å². The van der Waals surface area contributed by atoms with Crippen LogP contribution in [0.15, 0.2) is 29.2 Å². The minimum Gasteiger partial charge on any atom is -0.378 e. The highest BCUT2D eigenvalue weighted by Gasteiger charge is 2.13. The Hall–Kier alpha value is -2.25. The molecule has 24 heavy (non-hydrogen) atoms. The van der Waals surface area contributed by atoms with Crippen molar-refractivity contribution in [2.45, 2.75) is 13.3 Å². The summed E-state index contributed by atoms with van der Waals surface area (Å²) in [5, 5.41) is 0.665. The number of aromatic nitrogens is 3. The van der Waals surface area contributed by atoms with Gasteiger partial charge in [-0.15, -0.1) is 11.3 Å². The topological polar surface area (TPSA) is 71.1 Å². The van der Waals surface area contributed by atoms with Crippen molar-refractivity contribution < 1.29 is 4.74 Å². The summed E-state index contributed by atoms with van der Waals surface area (Å²) in [5.74, 6) is 1.49. The highest BCUT2D eigenvalue weighted by molar-refractivity contribution is 7.18. The maximum Gasteiger partial charge on any atom is 0.259 e. The molecule has 0 amide bonds. The molecule has 3 aromatic rings. The summed E-state index contributed by atoms with van der Waals surface area (Å²) in [6.45, 7) is 5.24. The molecule has 0 radical (unpaired) electrons. The summed E-state index contributed by atoms with van der Waals surface area (Å²) in [6, 6.07) is 5.85. The molecule has 0 unspecified atom stereocenters. The zero-order valence-corrected chi connectivity index (χ0v) is 14.2. The fourth-order valence-corrected chi connectivity index (χ4v) is 3.77. The predicted octanol–water partition coefficient (Wildman–Crippen LogP) is 2.45. The predicted molar refractivity (Wildman–Crippen MR) is 95.9 cm³/mol. The lowest BCUT2D eigenvalue weighted by Crippen LogP contribution is -2.36. The standard InChI is InChI=1S/C17H18N4O2S/c1-2-12-9-13-16(22)19-15(20-17(13)24-12)11-3-4-14(18-10-11)21-5-7-23-8-6-21/h3-4,9-10H,2,5-8H2,1H3,(H,19,20,22). The van der Waals surface area contributed by atoms with Gasteiger partial charge in [-0.25, -0.2) is 9.97 Å². The highest BCUT2D eigenvalue weighted by atomic mass is 32.1. The van der Waals surface area contributed by atoms with Gasteiger partial charge in [-0.2, -0.15) is 0 Å². The average Bonchev–Trinajstić information content (AvgIpc) is 3.06. The molecule has 1 N–H and O–H groups in total. The van der Waals surface area contributed by atoms with E-state index in [4.69, 9.17) is 4.74 Å². The van der Waals surface area contributed by atoms with Crippen molar-refractivity contribution in [3.05, 3.63) is 39.6 Å². The van der Waals surface area contributed by atoms with Crippen molar-refractivity contribution in [3.63, 3.8) is 0 Å². The van der Waals surface area contributed by atoms with Crippen LogP contribution in [0.4, 0.5) is 5.82 Å². The molecule has 0 atom stereocenters. The fraction of sp³-hybridized carbons (Fsp3) is 0.353. The van der Waals surface area contributed by atoms with Gasteiger partial charge in [0.25, 0.3) is 5.56 Å². The number of rotatable bonds is 3. The van der Waals surface area contributed by atoms with E-state index >= 15 is 0 Å². The quantitative estimate of drug-likeness (QED) is 0.792. The third-order valence-electron chi connectivity index (χ3n) is 4.16. The van der Waals surface area contributed by atoms with Crippen LogP contribution in [0.1, 0.15) is 11.8 Å².